The zero-order valence-corrected chi connectivity index (χ0v) is 10.6. The number of fused-ring (bicyclic) bond motifs is 1. The average molecular weight is 266 g/mol. The van der Waals surface area contributed by atoms with Crippen molar-refractivity contribution < 1.29 is 9.59 Å². The van der Waals surface area contributed by atoms with Crippen LogP contribution in [-0.2, 0) is 22.6 Å². The van der Waals surface area contributed by atoms with Gasteiger partial charge < -0.3 is 16.0 Å². The van der Waals surface area contributed by atoms with Gasteiger partial charge in [-0.15, -0.1) is 11.3 Å². The van der Waals surface area contributed by atoms with Crippen LogP contribution in [0.25, 0.3) is 0 Å². The minimum absolute atomic E-state index is 0.0576. The van der Waals surface area contributed by atoms with Gasteiger partial charge >= 0.3 is 0 Å². The van der Waals surface area contributed by atoms with Gasteiger partial charge in [-0.3, -0.25) is 9.59 Å². The lowest BCUT2D eigenvalue weighted by Gasteiger charge is -2.09. The van der Waals surface area contributed by atoms with E-state index < -0.39 is 6.04 Å². The number of nitrogens with one attached hydrogen (secondary N) is 3. The molecule has 6 nitrogen and oxygen atoms in total. The van der Waals surface area contributed by atoms with Crippen LogP contribution in [0.15, 0.2) is 0 Å². The van der Waals surface area contributed by atoms with E-state index in [1.165, 1.54) is 16.2 Å². The van der Waals surface area contributed by atoms with Crippen molar-refractivity contribution in [1.82, 2.24) is 15.6 Å². The van der Waals surface area contributed by atoms with Crippen molar-refractivity contribution in [2.75, 3.05) is 11.9 Å². The van der Waals surface area contributed by atoms with Gasteiger partial charge in [-0.05, 0) is 6.42 Å². The first-order valence-electron chi connectivity index (χ1n) is 6.02. The van der Waals surface area contributed by atoms with E-state index in [1.807, 2.05) is 0 Å². The molecule has 1 aromatic heterocycles. The van der Waals surface area contributed by atoms with Crippen molar-refractivity contribution in [3.05, 3.63) is 10.6 Å². The topological polar surface area (TPSA) is 83.1 Å². The zero-order valence-electron chi connectivity index (χ0n) is 9.78. The minimum atomic E-state index is -0.406. The van der Waals surface area contributed by atoms with Gasteiger partial charge in [0.1, 0.15) is 6.04 Å². The van der Waals surface area contributed by atoms with Gasteiger partial charge in [0.15, 0.2) is 5.13 Å². The fourth-order valence-corrected chi connectivity index (χ4v) is 3.16. The third-order valence-corrected chi connectivity index (χ3v) is 4.16. The molecule has 0 saturated carbocycles. The van der Waals surface area contributed by atoms with Crippen LogP contribution in [0.5, 0.6) is 0 Å². The predicted molar refractivity (Wildman–Crippen MR) is 67.3 cm³/mol. The Morgan fingerprint density at radius 1 is 1.44 bits per heavy atom. The largest absolute Gasteiger partial charge is 0.344 e. The summed E-state index contributed by atoms with van der Waals surface area (Å²) in [7, 11) is 0. The quantitative estimate of drug-likeness (QED) is 0.704. The van der Waals surface area contributed by atoms with Crippen molar-refractivity contribution in [2.24, 2.45) is 0 Å². The summed E-state index contributed by atoms with van der Waals surface area (Å²) in [5.41, 5.74) is 1.07. The standard InChI is InChI=1S/C11H14N4O2S/c16-9-2-1-7(13-9)10(17)15-11-14-6-3-4-12-5-8(6)18-11/h7,12H,1-5H2,(H,13,16)(H,14,15,17)/t7-/m0/s1. The third-order valence-electron chi connectivity index (χ3n) is 3.14. The summed E-state index contributed by atoms with van der Waals surface area (Å²) in [6.07, 6.45) is 1.90. The molecule has 0 aliphatic carbocycles. The molecular weight excluding hydrogens is 252 g/mol. The molecule has 1 fully saturated rings. The summed E-state index contributed by atoms with van der Waals surface area (Å²) in [4.78, 5) is 28.6. The van der Waals surface area contributed by atoms with Crippen molar-refractivity contribution in [2.45, 2.75) is 31.8 Å². The summed E-state index contributed by atoms with van der Waals surface area (Å²) >= 11 is 1.50. The molecule has 7 heteroatoms. The molecule has 0 aromatic carbocycles. The summed E-state index contributed by atoms with van der Waals surface area (Å²) in [6, 6.07) is -0.406. The van der Waals surface area contributed by atoms with Gasteiger partial charge in [-0.25, -0.2) is 4.98 Å². The van der Waals surface area contributed by atoms with Crippen molar-refractivity contribution >= 4 is 28.3 Å². The number of nitrogens with zero attached hydrogens (tertiary/aromatic N) is 1. The normalized spacial score (nSPS) is 22.4. The molecule has 0 unspecified atom stereocenters. The summed E-state index contributed by atoms with van der Waals surface area (Å²) in [5, 5.41) is 9.34. The molecule has 3 rings (SSSR count). The van der Waals surface area contributed by atoms with Crippen LogP contribution in [0.1, 0.15) is 23.4 Å². The molecule has 96 valence electrons. The highest BCUT2D eigenvalue weighted by Gasteiger charge is 2.28. The fourth-order valence-electron chi connectivity index (χ4n) is 2.18. The van der Waals surface area contributed by atoms with Crippen LogP contribution >= 0.6 is 11.3 Å². The van der Waals surface area contributed by atoms with Crippen molar-refractivity contribution in [3.63, 3.8) is 0 Å². The highest BCUT2D eigenvalue weighted by molar-refractivity contribution is 7.15. The molecule has 2 aliphatic rings. The minimum Gasteiger partial charge on any atom is -0.344 e. The Labute approximate surface area is 108 Å². The van der Waals surface area contributed by atoms with Crippen LogP contribution in [-0.4, -0.2) is 29.4 Å². The van der Waals surface area contributed by atoms with Gasteiger partial charge in [0.25, 0.3) is 0 Å². The Kier molecular flexibility index (Phi) is 3.00. The van der Waals surface area contributed by atoms with Crippen LogP contribution in [0.2, 0.25) is 0 Å². The lowest BCUT2D eigenvalue weighted by molar-refractivity contribution is -0.122. The van der Waals surface area contributed by atoms with E-state index in [4.69, 9.17) is 0 Å². The zero-order chi connectivity index (χ0) is 12.5. The summed E-state index contributed by atoms with van der Waals surface area (Å²) in [5.74, 6) is -0.224. The Hall–Kier alpha value is -1.47. The molecule has 1 aromatic rings. The molecular formula is C11H14N4O2S. The lowest BCUT2D eigenvalue weighted by Crippen LogP contribution is -2.37. The molecule has 0 bridgehead atoms. The Morgan fingerprint density at radius 3 is 3.06 bits per heavy atom. The Balaban J connectivity index is 1.67. The molecule has 1 saturated heterocycles. The Morgan fingerprint density at radius 2 is 2.33 bits per heavy atom. The SMILES string of the molecule is O=C1CC[C@@H](C(=O)Nc2nc3c(s2)CNCC3)N1. The van der Waals surface area contributed by atoms with Gasteiger partial charge in [-0.1, -0.05) is 0 Å². The maximum absolute atomic E-state index is 11.9. The van der Waals surface area contributed by atoms with Crippen LogP contribution in [0.4, 0.5) is 5.13 Å². The van der Waals surface area contributed by atoms with E-state index in [9.17, 15) is 9.59 Å². The lowest BCUT2D eigenvalue weighted by atomic mass is 10.2. The predicted octanol–water partition coefficient (Wildman–Crippen LogP) is 0.00590. The van der Waals surface area contributed by atoms with Crippen LogP contribution < -0.4 is 16.0 Å². The third kappa shape index (κ3) is 2.23. The first kappa shape index (κ1) is 11.6. The van der Waals surface area contributed by atoms with E-state index >= 15 is 0 Å². The maximum atomic E-state index is 11.9. The summed E-state index contributed by atoms with van der Waals surface area (Å²) < 4.78 is 0. The second-order valence-electron chi connectivity index (χ2n) is 4.46. The monoisotopic (exact) mass is 266 g/mol. The molecule has 2 amide bonds. The van der Waals surface area contributed by atoms with Gasteiger partial charge in [0.05, 0.1) is 5.69 Å². The van der Waals surface area contributed by atoms with Gasteiger partial charge in [0, 0.05) is 30.8 Å². The maximum Gasteiger partial charge on any atom is 0.248 e. The van der Waals surface area contributed by atoms with Gasteiger partial charge in [0.2, 0.25) is 11.8 Å². The number of aromatic nitrogens is 1. The van der Waals surface area contributed by atoms with Crippen molar-refractivity contribution in [1.29, 1.82) is 0 Å². The highest BCUT2D eigenvalue weighted by Crippen LogP contribution is 2.25. The highest BCUT2D eigenvalue weighted by atomic mass is 32.1. The molecule has 3 heterocycles. The molecule has 0 radical (unpaired) electrons. The molecule has 1 atom stereocenters. The van der Waals surface area contributed by atoms with Crippen LogP contribution in [0.3, 0.4) is 0 Å². The molecule has 2 aliphatic heterocycles. The number of hydrogen-bond acceptors (Lipinski definition) is 5. The van der Waals surface area contributed by atoms with E-state index in [-0.39, 0.29) is 11.8 Å². The number of hydrogen-bond donors (Lipinski definition) is 3. The smallest absolute Gasteiger partial charge is 0.248 e. The fraction of sp³-hybridized carbons (Fsp3) is 0.545. The van der Waals surface area contributed by atoms with E-state index in [2.05, 4.69) is 20.9 Å². The number of amides is 2. The van der Waals surface area contributed by atoms with E-state index in [0.29, 0.717) is 18.0 Å². The number of carbonyl (C=O) groups is 2. The second-order valence-corrected chi connectivity index (χ2v) is 5.55. The average Bonchev–Trinajstić information content (AvgIpc) is 2.94. The number of carbonyl (C=O) groups excluding carboxylic acids is 2. The molecule has 0 spiro atoms. The molecule has 18 heavy (non-hydrogen) atoms. The number of anilines is 1. The van der Waals surface area contributed by atoms with E-state index in [0.717, 1.165) is 25.2 Å². The van der Waals surface area contributed by atoms with Gasteiger partial charge in [-0.2, -0.15) is 0 Å². The first-order valence-corrected chi connectivity index (χ1v) is 6.83. The second kappa shape index (κ2) is 4.66. The molecule has 3 N–H and O–H groups in total. The number of thiazole rings is 1. The van der Waals surface area contributed by atoms with Crippen molar-refractivity contribution in [3.8, 4) is 0 Å². The summed E-state index contributed by atoms with van der Waals surface area (Å²) in [6.45, 7) is 1.76. The van der Waals surface area contributed by atoms with Crippen LogP contribution in [0, 0.1) is 0 Å². The Bertz CT molecular complexity index is 476. The first-order chi connectivity index (χ1) is 8.72. The number of rotatable bonds is 2. The van der Waals surface area contributed by atoms with E-state index in [1.54, 1.807) is 0 Å².